The maximum atomic E-state index is 13.9. The minimum Gasteiger partial charge on any atom is -0.494 e. The molecule has 0 aliphatic heterocycles. The number of likely N-dealkylation sites (N-methyl/N-ethyl adjacent to an activating group) is 1. The Kier molecular flexibility index (Phi) is 10.6. The van der Waals surface area contributed by atoms with Crippen molar-refractivity contribution in [1.82, 2.24) is 10.2 Å². The summed E-state index contributed by atoms with van der Waals surface area (Å²) in [6.07, 6.45) is 0. The maximum Gasteiger partial charge on any atom is 0.264 e. The lowest BCUT2D eigenvalue weighted by atomic mass is 10.1. The van der Waals surface area contributed by atoms with Gasteiger partial charge in [0.15, 0.2) is 0 Å². The SMILES string of the molecule is CCNC(=O)[C@@H](C)N(Cc1ccc(Cl)cc1Cl)C(=O)CN(c1ccc(OCC)cc1)S(=O)(=O)c1ccccc1. The summed E-state index contributed by atoms with van der Waals surface area (Å²) in [5.74, 6) is -0.406. The zero-order valence-electron chi connectivity index (χ0n) is 21.9. The lowest BCUT2D eigenvalue weighted by Crippen LogP contribution is -2.51. The van der Waals surface area contributed by atoms with Crippen molar-refractivity contribution in [2.45, 2.75) is 38.3 Å². The van der Waals surface area contributed by atoms with Crippen molar-refractivity contribution in [3.63, 3.8) is 0 Å². The van der Waals surface area contributed by atoms with Crippen LogP contribution >= 0.6 is 23.2 Å². The summed E-state index contributed by atoms with van der Waals surface area (Å²) in [7, 11) is -4.15. The molecule has 0 saturated heterocycles. The van der Waals surface area contributed by atoms with Crippen LogP contribution in [-0.2, 0) is 26.2 Å². The summed E-state index contributed by atoms with van der Waals surface area (Å²) in [6.45, 7) is 5.43. The van der Waals surface area contributed by atoms with E-state index in [4.69, 9.17) is 27.9 Å². The monoisotopic (exact) mass is 591 g/mol. The van der Waals surface area contributed by atoms with Gasteiger partial charge in [0, 0.05) is 23.1 Å². The quantitative estimate of drug-likeness (QED) is 0.314. The van der Waals surface area contributed by atoms with Gasteiger partial charge >= 0.3 is 0 Å². The molecule has 3 rings (SSSR count). The van der Waals surface area contributed by atoms with Crippen LogP contribution in [0.3, 0.4) is 0 Å². The minimum absolute atomic E-state index is 0.0238. The topological polar surface area (TPSA) is 96.0 Å². The highest BCUT2D eigenvalue weighted by Gasteiger charge is 2.32. The number of ether oxygens (including phenoxy) is 1. The fourth-order valence-electron chi connectivity index (χ4n) is 3.86. The zero-order valence-corrected chi connectivity index (χ0v) is 24.3. The summed E-state index contributed by atoms with van der Waals surface area (Å²) < 4.78 is 34.0. The third-order valence-electron chi connectivity index (χ3n) is 5.92. The highest BCUT2D eigenvalue weighted by Crippen LogP contribution is 2.27. The zero-order chi connectivity index (χ0) is 28.6. The first kappa shape index (κ1) is 30.3. The van der Waals surface area contributed by atoms with E-state index in [1.807, 2.05) is 6.92 Å². The Hall–Kier alpha value is -3.27. The van der Waals surface area contributed by atoms with E-state index in [0.717, 1.165) is 4.31 Å². The van der Waals surface area contributed by atoms with Gasteiger partial charge in [0.25, 0.3) is 10.0 Å². The number of sulfonamides is 1. The lowest BCUT2D eigenvalue weighted by Gasteiger charge is -2.32. The molecule has 0 aromatic heterocycles. The molecule has 0 spiro atoms. The first-order valence-electron chi connectivity index (χ1n) is 12.4. The Labute approximate surface area is 239 Å². The van der Waals surface area contributed by atoms with Crippen LogP contribution in [0.4, 0.5) is 5.69 Å². The Bertz CT molecular complexity index is 1390. The Morgan fingerprint density at radius 3 is 2.23 bits per heavy atom. The number of nitrogens with zero attached hydrogens (tertiary/aromatic N) is 2. The number of benzene rings is 3. The fourth-order valence-corrected chi connectivity index (χ4v) is 5.77. The van der Waals surface area contributed by atoms with Gasteiger partial charge in [-0.15, -0.1) is 0 Å². The molecule has 208 valence electrons. The van der Waals surface area contributed by atoms with E-state index in [2.05, 4.69) is 5.32 Å². The molecular formula is C28H31Cl2N3O5S. The third-order valence-corrected chi connectivity index (χ3v) is 8.29. The predicted octanol–water partition coefficient (Wildman–Crippen LogP) is 5.14. The fraction of sp³-hybridized carbons (Fsp3) is 0.286. The van der Waals surface area contributed by atoms with Gasteiger partial charge in [0.05, 0.1) is 17.2 Å². The predicted molar refractivity (Wildman–Crippen MR) is 154 cm³/mol. The second-order valence-corrected chi connectivity index (χ2v) is 11.3. The van der Waals surface area contributed by atoms with E-state index in [-0.39, 0.29) is 23.0 Å². The number of hydrogen-bond acceptors (Lipinski definition) is 5. The number of carbonyl (C=O) groups excluding carboxylic acids is 2. The molecule has 0 aliphatic carbocycles. The van der Waals surface area contributed by atoms with E-state index in [1.54, 1.807) is 74.5 Å². The number of hydrogen-bond donors (Lipinski definition) is 1. The molecule has 1 atom stereocenters. The van der Waals surface area contributed by atoms with Crippen LogP contribution in [0.25, 0.3) is 0 Å². The van der Waals surface area contributed by atoms with E-state index in [9.17, 15) is 18.0 Å². The maximum absolute atomic E-state index is 13.9. The summed E-state index contributed by atoms with van der Waals surface area (Å²) >= 11 is 12.4. The molecule has 2 amide bonds. The Balaban J connectivity index is 2.03. The van der Waals surface area contributed by atoms with Gasteiger partial charge in [-0.05, 0) is 74.9 Å². The molecule has 0 unspecified atom stereocenters. The molecule has 39 heavy (non-hydrogen) atoms. The van der Waals surface area contributed by atoms with Gasteiger partial charge in [-0.2, -0.15) is 0 Å². The highest BCUT2D eigenvalue weighted by atomic mass is 35.5. The highest BCUT2D eigenvalue weighted by molar-refractivity contribution is 7.92. The molecule has 3 aromatic carbocycles. The lowest BCUT2D eigenvalue weighted by molar-refractivity contribution is -0.139. The number of amides is 2. The van der Waals surface area contributed by atoms with Crippen LogP contribution in [0.2, 0.25) is 10.0 Å². The molecule has 0 saturated carbocycles. The van der Waals surface area contributed by atoms with Gasteiger partial charge < -0.3 is 15.0 Å². The summed E-state index contributed by atoms with van der Waals surface area (Å²) in [5.41, 5.74) is 0.829. The van der Waals surface area contributed by atoms with E-state index >= 15 is 0 Å². The molecule has 11 heteroatoms. The average Bonchev–Trinajstić information content (AvgIpc) is 2.92. The van der Waals surface area contributed by atoms with Gasteiger partial charge in [-0.25, -0.2) is 8.42 Å². The van der Waals surface area contributed by atoms with Gasteiger partial charge in [0.1, 0.15) is 18.3 Å². The van der Waals surface area contributed by atoms with Crippen molar-refractivity contribution in [3.8, 4) is 5.75 Å². The van der Waals surface area contributed by atoms with E-state index in [1.165, 1.54) is 17.0 Å². The summed E-state index contributed by atoms with van der Waals surface area (Å²) in [4.78, 5) is 28.0. The van der Waals surface area contributed by atoms with Gasteiger partial charge in [-0.3, -0.25) is 13.9 Å². The third kappa shape index (κ3) is 7.65. The van der Waals surface area contributed by atoms with Crippen molar-refractivity contribution in [1.29, 1.82) is 0 Å². The molecule has 1 N–H and O–H groups in total. The minimum atomic E-state index is -4.15. The van der Waals surface area contributed by atoms with E-state index in [0.29, 0.717) is 34.5 Å². The van der Waals surface area contributed by atoms with Crippen molar-refractivity contribution < 1.29 is 22.7 Å². The van der Waals surface area contributed by atoms with Crippen molar-refractivity contribution in [2.75, 3.05) is 24.0 Å². The molecule has 0 fully saturated rings. The largest absolute Gasteiger partial charge is 0.494 e. The standard InChI is InChI=1S/C28H31Cl2N3O5S/c1-4-31-28(35)20(3)32(18-21-11-12-22(29)17-26(21)30)27(34)19-33(23-13-15-24(16-14-23)38-5-2)39(36,37)25-9-7-6-8-10-25/h6-17,20H,4-5,18-19H2,1-3H3,(H,31,35)/t20-/m1/s1. The molecule has 3 aromatic rings. The first-order chi connectivity index (χ1) is 18.6. The molecule has 0 aliphatic rings. The second-order valence-electron chi connectivity index (χ2n) is 8.58. The van der Waals surface area contributed by atoms with Crippen LogP contribution in [0.5, 0.6) is 5.75 Å². The smallest absolute Gasteiger partial charge is 0.264 e. The van der Waals surface area contributed by atoms with Crippen molar-refractivity contribution in [2.24, 2.45) is 0 Å². The number of rotatable bonds is 12. The molecule has 0 heterocycles. The van der Waals surface area contributed by atoms with Crippen LogP contribution in [-0.4, -0.2) is 50.9 Å². The van der Waals surface area contributed by atoms with E-state index < -0.39 is 28.5 Å². The van der Waals surface area contributed by atoms with Crippen molar-refractivity contribution in [3.05, 3.63) is 88.4 Å². The van der Waals surface area contributed by atoms with Crippen LogP contribution in [0, 0.1) is 0 Å². The number of carbonyl (C=O) groups is 2. The number of nitrogens with one attached hydrogen (secondary N) is 1. The van der Waals surface area contributed by atoms with Crippen LogP contribution in [0.15, 0.2) is 77.7 Å². The van der Waals surface area contributed by atoms with Crippen LogP contribution < -0.4 is 14.4 Å². The van der Waals surface area contributed by atoms with Gasteiger partial charge in [0.2, 0.25) is 11.8 Å². The first-order valence-corrected chi connectivity index (χ1v) is 14.6. The molecular weight excluding hydrogens is 561 g/mol. The van der Waals surface area contributed by atoms with Crippen molar-refractivity contribution >= 4 is 50.7 Å². The Morgan fingerprint density at radius 1 is 0.974 bits per heavy atom. The molecule has 8 nitrogen and oxygen atoms in total. The van der Waals surface area contributed by atoms with Gasteiger partial charge in [-0.1, -0.05) is 47.5 Å². The summed E-state index contributed by atoms with van der Waals surface area (Å²) in [6, 6.07) is 18.2. The average molecular weight is 593 g/mol. The molecule has 0 radical (unpaired) electrons. The summed E-state index contributed by atoms with van der Waals surface area (Å²) in [5, 5.41) is 3.46. The van der Waals surface area contributed by atoms with Crippen LogP contribution in [0.1, 0.15) is 26.3 Å². The Morgan fingerprint density at radius 2 is 1.64 bits per heavy atom. The number of halogens is 2. The number of anilines is 1. The normalized spacial score (nSPS) is 11.9. The second kappa shape index (κ2) is 13.7. The molecule has 0 bridgehead atoms.